The molecule has 0 bridgehead atoms. The summed E-state index contributed by atoms with van der Waals surface area (Å²) in [7, 11) is 0. The van der Waals surface area contributed by atoms with E-state index < -0.39 is 34.1 Å². The lowest BCUT2D eigenvalue weighted by Gasteiger charge is -2.04. The van der Waals surface area contributed by atoms with Gasteiger partial charge in [0, 0.05) is 0 Å². The third-order valence-corrected chi connectivity index (χ3v) is 1.76. The van der Waals surface area contributed by atoms with Gasteiger partial charge in [0.1, 0.15) is 0 Å². The molecule has 0 N–H and O–H groups in total. The molecule has 0 spiro atoms. The van der Waals surface area contributed by atoms with Crippen LogP contribution in [0.1, 0.15) is 0 Å². The SMILES string of the molecule is Fc1ccc(SC(F)(F)F)c(F)n1. The lowest BCUT2D eigenvalue weighted by Crippen LogP contribution is -2.01. The number of halogens is 5. The average Bonchev–Trinajstić information content (AvgIpc) is 1.93. The van der Waals surface area contributed by atoms with E-state index in [-0.39, 0.29) is 0 Å². The highest BCUT2D eigenvalue weighted by molar-refractivity contribution is 8.00. The topological polar surface area (TPSA) is 12.9 Å². The van der Waals surface area contributed by atoms with Gasteiger partial charge in [-0.05, 0) is 23.9 Å². The highest BCUT2D eigenvalue weighted by Gasteiger charge is 2.31. The van der Waals surface area contributed by atoms with Crippen molar-refractivity contribution in [3.63, 3.8) is 0 Å². The second-order valence-electron chi connectivity index (χ2n) is 1.97. The molecule has 72 valence electrons. The molecule has 0 unspecified atom stereocenters. The zero-order valence-electron chi connectivity index (χ0n) is 5.90. The first-order valence-electron chi connectivity index (χ1n) is 2.96. The summed E-state index contributed by atoms with van der Waals surface area (Å²) in [5.41, 5.74) is -4.60. The summed E-state index contributed by atoms with van der Waals surface area (Å²) in [5.74, 6) is -2.61. The Morgan fingerprint density at radius 2 is 1.77 bits per heavy atom. The Morgan fingerprint density at radius 3 is 2.23 bits per heavy atom. The van der Waals surface area contributed by atoms with Crippen molar-refractivity contribution in [1.82, 2.24) is 4.98 Å². The van der Waals surface area contributed by atoms with Crippen LogP contribution in [0.4, 0.5) is 22.0 Å². The molecule has 7 heteroatoms. The molecule has 0 atom stereocenters. The number of thioether (sulfide) groups is 1. The lowest BCUT2D eigenvalue weighted by molar-refractivity contribution is -0.0329. The zero-order valence-corrected chi connectivity index (χ0v) is 6.72. The quantitative estimate of drug-likeness (QED) is 0.405. The Kier molecular flexibility index (Phi) is 2.74. The number of rotatable bonds is 1. The number of nitrogens with zero attached hydrogens (tertiary/aromatic N) is 1. The summed E-state index contributed by atoms with van der Waals surface area (Å²) in [4.78, 5) is 1.86. The van der Waals surface area contributed by atoms with E-state index in [0.717, 1.165) is 0 Å². The second-order valence-corrected chi connectivity index (χ2v) is 3.08. The predicted molar refractivity (Wildman–Crippen MR) is 36.1 cm³/mol. The molecule has 1 aromatic rings. The van der Waals surface area contributed by atoms with Gasteiger partial charge in [0.05, 0.1) is 4.90 Å². The van der Waals surface area contributed by atoms with Crippen LogP contribution in [0, 0.1) is 11.9 Å². The highest BCUT2D eigenvalue weighted by Crippen LogP contribution is 2.37. The van der Waals surface area contributed by atoms with Crippen molar-refractivity contribution in [3.8, 4) is 0 Å². The molecule has 0 fully saturated rings. The molecule has 0 saturated carbocycles. The van der Waals surface area contributed by atoms with Crippen molar-refractivity contribution < 1.29 is 22.0 Å². The van der Waals surface area contributed by atoms with Crippen LogP contribution in [0.3, 0.4) is 0 Å². The van der Waals surface area contributed by atoms with E-state index in [0.29, 0.717) is 12.1 Å². The molecular formula is C6H2F5NS. The minimum atomic E-state index is -4.60. The van der Waals surface area contributed by atoms with Gasteiger partial charge in [-0.3, -0.25) is 0 Å². The van der Waals surface area contributed by atoms with E-state index in [1.165, 1.54) is 0 Å². The third kappa shape index (κ3) is 3.17. The number of hydrogen-bond acceptors (Lipinski definition) is 2. The summed E-state index contributed by atoms with van der Waals surface area (Å²) < 4.78 is 59.7. The molecule has 0 aromatic carbocycles. The van der Waals surface area contributed by atoms with Crippen LogP contribution in [0.2, 0.25) is 0 Å². The summed E-state index contributed by atoms with van der Waals surface area (Å²) in [6.45, 7) is 0. The van der Waals surface area contributed by atoms with Crippen LogP contribution < -0.4 is 0 Å². The predicted octanol–water partition coefficient (Wildman–Crippen LogP) is 2.97. The zero-order chi connectivity index (χ0) is 10.1. The minimum absolute atomic E-state index is 0.664. The van der Waals surface area contributed by atoms with Gasteiger partial charge in [-0.15, -0.1) is 0 Å². The van der Waals surface area contributed by atoms with E-state index >= 15 is 0 Å². The van der Waals surface area contributed by atoms with Crippen molar-refractivity contribution in [2.75, 3.05) is 0 Å². The van der Waals surface area contributed by atoms with E-state index in [1.54, 1.807) is 0 Å². The number of aromatic nitrogens is 1. The van der Waals surface area contributed by atoms with Gasteiger partial charge in [-0.2, -0.15) is 26.9 Å². The number of pyridine rings is 1. The fraction of sp³-hybridized carbons (Fsp3) is 0.167. The standard InChI is InChI=1S/C6H2F5NS/c7-4-2-1-3(5(8)12-4)13-6(9,10)11/h1-2H. The largest absolute Gasteiger partial charge is 0.446 e. The van der Waals surface area contributed by atoms with Gasteiger partial charge in [-0.25, -0.2) is 0 Å². The summed E-state index contributed by atoms with van der Waals surface area (Å²) in [6.07, 6.45) is 0. The first kappa shape index (κ1) is 10.2. The Labute approximate surface area is 74.0 Å². The van der Waals surface area contributed by atoms with E-state index in [9.17, 15) is 22.0 Å². The van der Waals surface area contributed by atoms with Crippen LogP contribution in [-0.4, -0.2) is 10.5 Å². The van der Waals surface area contributed by atoms with E-state index in [2.05, 4.69) is 4.98 Å². The van der Waals surface area contributed by atoms with Gasteiger partial charge in [0.2, 0.25) is 11.9 Å². The first-order chi connectivity index (χ1) is 5.88. The van der Waals surface area contributed by atoms with Crippen molar-refractivity contribution in [3.05, 3.63) is 24.0 Å². The van der Waals surface area contributed by atoms with Gasteiger partial charge in [0.25, 0.3) is 0 Å². The van der Waals surface area contributed by atoms with Crippen LogP contribution in [0.25, 0.3) is 0 Å². The van der Waals surface area contributed by atoms with Crippen molar-refractivity contribution in [2.24, 2.45) is 0 Å². The molecule has 1 rings (SSSR count). The summed E-state index contributed by atoms with van der Waals surface area (Å²) in [5, 5.41) is 0. The van der Waals surface area contributed by atoms with Crippen LogP contribution in [0.15, 0.2) is 17.0 Å². The molecule has 0 saturated heterocycles. The molecule has 0 aliphatic heterocycles. The summed E-state index contributed by atoms with van der Waals surface area (Å²) in [6, 6.07) is 1.35. The monoisotopic (exact) mass is 215 g/mol. The fourth-order valence-corrected chi connectivity index (χ4v) is 1.12. The van der Waals surface area contributed by atoms with Gasteiger partial charge >= 0.3 is 5.51 Å². The van der Waals surface area contributed by atoms with Crippen LogP contribution in [-0.2, 0) is 0 Å². The Bertz CT molecular complexity index is 310. The maximum absolute atomic E-state index is 12.5. The molecule has 1 aromatic heterocycles. The second kappa shape index (κ2) is 3.49. The number of hydrogen-bond donors (Lipinski definition) is 0. The Morgan fingerprint density at radius 1 is 1.15 bits per heavy atom. The molecule has 0 amide bonds. The van der Waals surface area contributed by atoms with Crippen molar-refractivity contribution in [1.29, 1.82) is 0 Å². The maximum atomic E-state index is 12.5. The van der Waals surface area contributed by atoms with Gasteiger partial charge < -0.3 is 0 Å². The lowest BCUT2D eigenvalue weighted by atomic mass is 10.5. The minimum Gasteiger partial charge on any atom is -0.190 e. The normalized spacial score (nSPS) is 11.8. The molecule has 0 radical (unpaired) electrons. The Balaban J connectivity index is 2.90. The third-order valence-electron chi connectivity index (χ3n) is 1.01. The van der Waals surface area contributed by atoms with E-state index in [1.807, 2.05) is 0 Å². The van der Waals surface area contributed by atoms with E-state index in [4.69, 9.17) is 0 Å². The number of alkyl halides is 3. The smallest absolute Gasteiger partial charge is 0.190 e. The molecule has 1 heterocycles. The van der Waals surface area contributed by atoms with Crippen molar-refractivity contribution in [2.45, 2.75) is 10.4 Å². The highest BCUT2D eigenvalue weighted by atomic mass is 32.2. The fourth-order valence-electron chi connectivity index (χ4n) is 0.600. The molecule has 1 nitrogen and oxygen atoms in total. The van der Waals surface area contributed by atoms with Gasteiger partial charge in [0.15, 0.2) is 0 Å². The molecular weight excluding hydrogens is 213 g/mol. The van der Waals surface area contributed by atoms with Gasteiger partial charge in [-0.1, -0.05) is 0 Å². The molecule has 13 heavy (non-hydrogen) atoms. The molecule has 0 aliphatic rings. The first-order valence-corrected chi connectivity index (χ1v) is 3.78. The maximum Gasteiger partial charge on any atom is 0.446 e. The van der Waals surface area contributed by atoms with Crippen LogP contribution >= 0.6 is 11.8 Å². The van der Waals surface area contributed by atoms with Crippen molar-refractivity contribution >= 4 is 11.8 Å². The molecule has 0 aliphatic carbocycles. The summed E-state index contributed by atoms with van der Waals surface area (Å²) >= 11 is -0.668. The average molecular weight is 215 g/mol. The Hall–Kier alpha value is -0.850. The van der Waals surface area contributed by atoms with Crippen LogP contribution in [0.5, 0.6) is 0 Å².